The van der Waals surface area contributed by atoms with E-state index in [1.54, 1.807) is 0 Å². The Labute approximate surface area is 119 Å². The van der Waals surface area contributed by atoms with Crippen molar-refractivity contribution in [2.24, 2.45) is 0 Å². The normalized spacial score (nSPS) is 17.0. The van der Waals surface area contributed by atoms with Crippen molar-refractivity contribution < 1.29 is 0 Å². The smallest absolute Gasteiger partial charge is 0.111 e. The zero-order chi connectivity index (χ0) is 13.4. The van der Waals surface area contributed by atoms with Crippen LogP contribution in [0.15, 0.2) is 18.2 Å². The molecule has 19 heavy (non-hydrogen) atoms. The standard InChI is InChI=1S/C15H20ClN3/c1-3-17-10(2)8-15-18-13-9-11(16)4-7-14(13)19(15)12-5-6-12/h4,7,9-10,12,17H,3,5-6,8H2,1-2H3. The first kappa shape index (κ1) is 12.9. The number of halogens is 1. The first-order valence-corrected chi connectivity index (χ1v) is 7.46. The molecule has 3 rings (SSSR count). The van der Waals surface area contributed by atoms with Gasteiger partial charge in [0.05, 0.1) is 11.0 Å². The third-order valence-electron chi connectivity index (χ3n) is 3.68. The van der Waals surface area contributed by atoms with Gasteiger partial charge in [0.25, 0.3) is 0 Å². The first-order chi connectivity index (χ1) is 9.19. The summed E-state index contributed by atoms with van der Waals surface area (Å²) in [5, 5.41) is 4.22. The van der Waals surface area contributed by atoms with E-state index in [0.29, 0.717) is 12.1 Å². The zero-order valence-corrected chi connectivity index (χ0v) is 12.2. The molecule has 0 amide bonds. The maximum Gasteiger partial charge on any atom is 0.111 e. The number of nitrogens with one attached hydrogen (secondary N) is 1. The van der Waals surface area contributed by atoms with Crippen molar-refractivity contribution in [3.8, 4) is 0 Å². The highest BCUT2D eigenvalue weighted by molar-refractivity contribution is 6.31. The molecule has 0 radical (unpaired) electrons. The fourth-order valence-corrected chi connectivity index (χ4v) is 2.87. The molecule has 0 bridgehead atoms. The summed E-state index contributed by atoms with van der Waals surface area (Å²) in [6.07, 6.45) is 3.52. The van der Waals surface area contributed by atoms with Crippen LogP contribution >= 0.6 is 11.6 Å². The van der Waals surface area contributed by atoms with Crippen LogP contribution in [0, 0.1) is 0 Å². The predicted octanol–water partition coefficient (Wildman–Crippen LogP) is 3.57. The van der Waals surface area contributed by atoms with E-state index in [1.165, 1.54) is 24.2 Å². The number of rotatable bonds is 5. The number of benzene rings is 1. The second-order valence-electron chi connectivity index (χ2n) is 5.43. The Morgan fingerprint density at radius 1 is 1.47 bits per heavy atom. The largest absolute Gasteiger partial charge is 0.325 e. The van der Waals surface area contributed by atoms with E-state index in [0.717, 1.165) is 23.5 Å². The molecule has 0 saturated heterocycles. The third kappa shape index (κ3) is 2.63. The molecule has 1 aliphatic rings. The fourth-order valence-electron chi connectivity index (χ4n) is 2.70. The molecule has 1 saturated carbocycles. The van der Waals surface area contributed by atoms with Crippen LogP contribution in [-0.2, 0) is 6.42 Å². The topological polar surface area (TPSA) is 29.9 Å². The molecule has 1 fully saturated rings. The molecule has 1 heterocycles. The quantitative estimate of drug-likeness (QED) is 0.906. The van der Waals surface area contributed by atoms with E-state index in [9.17, 15) is 0 Å². The van der Waals surface area contributed by atoms with E-state index in [-0.39, 0.29) is 0 Å². The lowest BCUT2D eigenvalue weighted by atomic mass is 10.2. The Hall–Kier alpha value is -1.06. The lowest BCUT2D eigenvalue weighted by Gasteiger charge is -2.13. The molecule has 1 aromatic heterocycles. The van der Waals surface area contributed by atoms with Gasteiger partial charge < -0.3 is 9.88 Å². The Kier molecular flexibility index (Phi) is 3.50. The van der Waals surface area contributed by atoms with Crippen LogP contribution in [0.1, 0.15) is 38.6 Å². The average Bonchev–Trinajstić information content (AvgIpc) is 3.12. The molecule has 1 unspecified atom stereocenters. The molecule has 1 atom stereocenters. The fraction of sp³-hybridized carbons (Fsp3) is 0.533. The predicted molar refractivity (Wildman–Crippen MR) is 79.9 cm³/mol. The average molecular weight is 278 g/mol. The summed E-state index contributed by atoms with van der Waals surface area (Å²) >= 11 is 6.07. The summed E-state index contributed by atoms with van der Waals surface area (Å²) in [5.41, 5.74) is 2.25. The minimum Gasteiger partial charge on any atom is -0.325 e. The molecule has 0 spiro atoms. The summed E-state index contributed by atoms with van der Waals surface area (Å²) in [7, 11) is 0. The monoisotopic (exact) mass is 277 g/mol. The highest BCUT2D eigenvalue weighted by atomic mass is 35.5. The molecule has 102 valence electrons. The number of hydrogen-bond acceptors (Lipinski definition) is 2. The Morgan fingerprint density at radius 2 is 2.26 bits per heavy atom. The van der Waals surface area contributed by atoms with Crippen molar-refractivity contribution in [3.05, 3.63) is 29.0 Å². The van der Waals surface area contributed by atoms with Gasteiger partial charge in [-0.2, -0.15) is 0 Å². The Bertz CT molecular complexity index is 586. The van der Waals surface area contributed by atoms with Crippen LogP contribution < -0.4 is 5.32 Å². The maximum atomic E-state index is 6.07. The van der Waals surface area contributed by atoms with E-state index in [1.807, 2.05) is 12.1 Å². The van der Waals surface area contributed by atoms with Crippen LogP contribution in [0.2, 0.25) is 5.02 Å². The van der Waals surface area contributed by atoms with Crippen molar-refractivity contribution in [1.29, 1.82) is 0 Å². The molecular weight excluding hydrogens is 258 g/mol. The van der Waals surface area contributed by atoms with Gasteiger partial charge in [-0.25, -0.2) is 4.98 Å². The lowest BCUT2D eigenvalue weighted by Crippen LogP contribution is -2.28. The summed E-state index contributed by atoms with van der Waals surface area (Å²) in [5.74, 6) is 1.19. The number of hydrogen-bond donors (Lipinski definition) is 1. The van der Waals surface area contributed by atoms with E-state index >= 15 is 0 Å². The number of aromatic nitrogens is 2. The summed E-state index contributed by atoms with van der Waals surface area (Å²) < 4.78 is 2.42. The van der Waals surface area contributed by atoms with Crippen molar-refractivity contribution in [2.75, 3.05) is 6.54 Å². The van der Waals surface area contributed by atoms with Gasteiger partial charge in [-0.1, -0.05) is 18.5 Å². The molecular formula is C15H20ClN3. The van der Waals surface area contributed by atoms with Crippen LogP contribution in [0.3, 0.4) is 0 Å². The molecule has 2 aromatic rings. The third-order valence-corrected chi connectivity index (χ3v) is 3.91. The second-order valence-corrected chi connectivity index (χ2v) is 5.86. The molecule has 1 aromatic carbocycles. The summed E-state index contributed by atoms with van der Waals surface area (Å²) in [6, 6.07) is 7.13. The van der Waals surface area contributed by atoms with E-state index in [2.05, 4.69) is 29.8 Å². The molecule has 3 nitrogen and oxygen atoms in total. The van der Waals surface area contributed by atoms with Crippen molar-refractivity contribution >= 4 is 22.6 Å². The number of fused-ring (bicyclic) bond motifs is 1. The van der Waals surface area contributed by atoms with Crippen LogP contribution in [0.4, 0.5) is 0 Å². The number of likely N-dealkylation sites (N-methyl/N-ethyl adjacent to an activating group) is 1. The highest BCUT2D eigenvalue weighted by Crippen LogP contribution is 2.39. The van der Waals surface area contributed by atoms with Crippen molar-refractivity contribution in [2.45, 2.75) is 45.2 Å². The number of nitrogens with zero attached hydrogens (tertiary/aromatic N) is 2. The van der Waals surface area contributed by atoms with Gasteiger partial charge in [-0.15, -0.1) is 0 Å². The van der Waals surface area contributed by atoms with Gasteiger partial charge in [0.1, 0.15) is 5.82 Å². The molecule has 4 heteroatoms. The minimum atomic E-state index is 0.454. The van der Waals surface area contributed by atoms with E-state index in [4.69, 9.17) is 16.6 Å². The number of imidazole rings is 1. The summed E-state index contributed by atoms with van der Waals surface area (Å²) in [4.78, 5) is 4.80. The van der Waals surface area contributed by atoms with Gasteiger partial charge in [-0.3, -0.25) is 0 Å². The SMILES string of the molecule is CCNC(C)Cc1nc2cc(Cl)ccc2n1C1CC1. The van der Waals surface area contributed by atoms with E-state index < -0.39 is 0 Å². The van der Waals surface area contributed by atoms with Gasteiger partial charge in [0, 0.05) is 23.5 Å². The van der Waals surface area contributed by atoms with Crippen molar-refractivity contribution in [3.63, 3.8) is 0 Å². The van der Waals surface area contributed by atoms with Gasteiger partial charge in [-0.05, 0) is 44.5 Å². The van der Waals surface area contributed by atoms with Crippen LogP contribution in [0.5, 0.6) is 0 Å². The van der Waals surface area contributed by atoms with Crippen molar-refractivity contribution in [1.82, 2.24) is 14.9 Å². The van der Waals surface area contributed by atoms with Crippen LogP contribution in [-0.4, -0.2) is 22.1 Å². The van der Waals surface area contributed by atoms with Gasteiger partial charge >= 0.3 is 0 Å². The van der Waals surface area contributed by atoms with Crippen LogP contribution in [0.25, 0.3) is 11.0 Å². The second kappa shape index (κ2) is 5.14. The Balaban J connectivity index is 2.00. The first-order valence-electron chi connectivity index (χ1n) is 7.08. The summed E-state index contributed by atoms with van der Waals surface area (Å²) in [6.45, 7) is 5.35. The lowest BCUT2D eigenvalue weighted by molar-refractivity contribution is 0.536. The molecule has 1 N–H and O–H groups in total. The zero-order valence-electron chi connectivity index (χ0n) is 11.5. The maximum absolute atomic E-state index is 6.07. The minimum absolute atomic E-state index is 0.454. The van der Waals surface area contributed by atoms with Gasteiger partial charge in [0.2, 0.25) is 0 Å². The van der Waals surface area contributed by atoms with Gasteiger partial charge in [0.15, 0.2) is 0 Å². The molecule has 1 aliphatic carbocycles. The molecule has 0 aliphatic heterocycles. The Morgan fingerprint density at radius 3 is 2.95 bits per heavy atom. The highest BCUT2D eigenvalue weighted by Gasteiger charge is 2.28.